The summed E-state index contributed by atoms with van der Waals surface area (Å²) >= 11 is 0. The molecule has 1 aliphatic rings. The Morgan fingerprint density at radius 2 is 1.88 bits per heavy atom. The molecule has 0 radical (unpaired) electrons. The summed E-state index contributed by atoms with van der Waals surface area (Å²) < 4.78 is 11.5. The van der Waals surface area contributed by atoms with Crippen LogP contribution in [0.25, 0.3) is 0 Å². The highest BCUT2D eigenvalue weighted by Gasteiger charge is 2.25. The Morgan fingerprint density at radius 1 is 1.17 bits per heavy atom. The molecule has 0 spiro atoms. The van der Waals surface area contributed by atoms with Crippen LogP contribution in [0.3, 0.4) is 0 Å². The third kappa shape index (κ3) is 5.41. The Labute approximate surface area is 144 Å². The van der Waals surface area contributed by atoms with Crippen LogP contribution in [0, 0.1) is 5.92 Å². The molecule has 2 unspecified atom stereocenters. The number of anilines is 1. The maximum atomic E-state index is 12.5. The van der Waals surface area contributed by atoms with Crippen LogP contribution in [-0.2, 0) is 4.79 Å². The van der Waals surface area contributed by atoms with Gasteiger partial charge in [0.25, 0.3) is 0 Å². The average molecular weight is 334 g/mol. The number of nitrogens with two attached hydrogens (primary N) is 1. The van der Waals surface area contributed by atoms with E-state index in [2.05, 4.69) is 19.2 Å². The second-order valence-electron chi connectivity index (χ2n) is 6.47. The van der Waals surface area contributed by atoms with Crippen LogP contribution in [0.1, 0.15) is 52.4 Å². The predicted molar refractivity (Wildman–Crippen MR) is 96.6 cm³/mol. The van der Waals surface area contributed by atoms with Crippen molar-refractivity contribution >= 4 is 11.6 Å². The van der Waals surface area contributed by atoms with Crippen molar-refractivity contribution < 1.29 is 14.3 Å². The van der Waals surface area contributed by atoms with Gasteiger partial charge in [-0.05, 0) is 44.2 Å². The molecule has 0 bridgehead atoms. The van der Waals surface area contributed by atoms with E-state index in [-0.39, 0.29) is 17.9 Å². The lowest BCUT2D eigenvalue weighted by Gasteiger charge is -2.25. The van der Waals surface area contributed by atoms with Gasteiger partial charge in [-0.1, -0.05) is 20.3 Å². The molecule has 1 fully saturated rings. The minimum Gasteiger partial charge on any atom is -0.490 e. The molecule has 0 saturated heterocycles. The van der Waals surface area contributed by atoms with Crippen molar-refractivity contribution in [3.05, 3.63) is 18.2 Å². The molecule has 2 atom stereocenters. The van der Waals surface area contributed by atoms with E-state index in [0.29, 0.717) is 19.0 Å². The van der Waals surface area contributed by atoms with Crippen molar-refractivity contribution in [2.75, 3.05) is 18.5 Å². The van der Waals surface area contributed by atoms with Gasteiger partial charge >= 0.3 is 0 Å². The Hall–Kier alpha value is -1.75. The number of nitrogens with one attached hydrogen (secondary N) is 1. The SMILES string of the molecule is CCCOc1ccc(NC(=O)C2CCCC(N)C2)cc1OCCC. The van der Waals surface area contributed by atoms with E-state index < -0.39 is 0 Å². The first-order valence-corrected chi connectivity index (χ1v) is 9.10. The van der Waals surface area contributed by atoms with Gasteiger partial charge in [0, 0.05) is 23.7 Å². The van der Waals surface area contributed by atoms with Crippen LogP contribution in [0.5, 0.6) is 11.5 Å². The van der Waals surface area contributed by atoms with Crippen molar-refractivity contribution in [1.29, 1.82) is 0 Å². The third-order valence-electron chi connectivity index (χ3n) is 4.22. The highest BCUT2D eigenvalue weighted by atomic mass is 16.5. The van der Waals surface area contributed by atoms with Crippen LogP contribution >= 0.6 is 0 Å². The van der Waals surface area contributed by atoms with Crippen LogP contribution in [0.4, 0.5) is 5.69 Å². The van der Waals surface area contributed by atoms with E-state index in [1.165, 1.54) is 0 Å². The summed E-state index contributed by atoms with van der Waals surface area (Å²) in [6.45, 7) is 5.39. The van der Waals surface area contributed by atoms with Gasteiger partial charge in [-0.25, -0.2) is 0 Å². The van der Waals surface area contributed by atoms with Crippen LogP contribution in [0.2, 0.25) is 0 Å². The molecule has 134 valence electrons. The quantitative estimate of drug-likeness (QED) is 0.760. The van der Waals surface area contributed by atoms with Gasteiger partial charge in [0.1, 0.15) is 0 Å². The molecule has 5 heteroatoms. The number of ether oxygens (including phenoxy) is 2. The molecule has 24 heavy (non-hydrogen) atoms. The molecule has 2 rings (SSSR count). The summed E-state index contributed by atoms with van der Waals surface area (Å²) in [7, 11) is 0. The maximum Gasteiger partial charge on any atom is 0.227 e. The predicted octanol–water partition coefficient (Wildman–Crippen LogP) is 3.72. The normalized spacial score (nSPS) is 20.5. The zero-order chi connectivity index (χ0) is 17.4. The van der Waals surface area contributed by atoms with Gasteiger partial charge in [0.15, 0.2) is 11.5 Å². The van der Waals surface area contributed by atoms with E-state index >= 15 is 0 Å². The van der Waals surface area contributed by atoms with Gasteiger partial charge < -0.3 is 20.5 Å². The Balaban J connectivity index is 2.04. The van der Waals surface area contributed by atoms with E-state index in [9.17, 15) is 4.79 Å². The van der Waals surface area contributed by atoms with E-state index in [1.807, 2.05) is 18.2 Å². The summed E-state index contributed by atoms with van der Waals surface area (Å²) in [4.78, 5) is 12.5. The average Bonchev–Trinajstić information content (AvgIpc) is 2.59. The molecule has 0 aliphatic heterocycles. The van der Waals surface area contributed by atoms with Gasteiger partial charge in [0.05, 0.1) is 13.2 Å². The topological polar surface area (TPSA) is 73.6 Å². The fraction of sp³-hybridized carbons (Fsp3) is 0.632. The van der Waals surface area contributed by atoms with Gasteiger partial charge in [-0.2, -0.15) is 0 Å². The van der Waals surface area contributed by atoms with Crippen LogP contribution < -0.4 is 20.5 Å². The lowest BCUT2D eigenvalue weighted by Crippen LogP contribution is -2.34. The Bertz CT molecular complexity index is 533. The number of carbonyl (C=O) groups is 1. The first kappa shape index (κ1) is 18.6. The second kappa shape index (κ2) is 9.52. The number of hydrogen-bond acceptors (Lipinski definition) is 4. The van der Waals surface area contributed by atoms with E-state index in [0.717, 1.165) is 50.0 Å². The molecular formula is C19H30N2O3. The van der Waals surface area contributed by atoms with E-state index in [1.54, 1.807) is 0 Å². The molecule has 5 nitrogen and oxygen atoms in total. The van der Waals surface area contributed by atoms with E-state index in [4.69, 9.17) is 15.2 Å². The monoisotopic (exact) mass is 334 g/mol. The minimum atomic E-state index is 0.00442. The molecule has 1 aromatic rings. The zero-order valence-corrected chi connectivity index (χ0v) is 14.8. The van der Waals surface area contributed by atoms with Crippen LogP contribution in [-0.4, -0.2) is 25.2 Å². The summed E-state index contributed by atoms with van der Waals surface area (Å²) in [5.41, 5.74) is 6.73. The number of benzene rings is 1. The summed E-state index contributed by atoms with van der Waals surface area (Å²) in [6.07, 6.45) is 5.58. The Morgan fingerprint density at radius 3 is 2.54 bits per heavy atom. The minimum absolute atomic E-state index is 0.00442. The summed E-state index contributed by atoms with van der Waals surface area (Å²) in [6, 6.07) is 5.72. The number of hydrogen-bond donors (Lipinski definition) is 2. The first-order chi connectivity index (χ1) is 11.6. The fourth-order valence-corrected chi connectivity index (χ4v) is 2.95. The second-order valence-corrected chi connectivity index (χ2v) is 6.47. The van der Waals surface area contributed by atoms with Crippen molar-refractivity contribution in [2.45, 2.75) is 58.4 Å². The lowest BCUT2D eigenvalue weighted by atomic mass is 9.85. The summed E-state index contributed by atoms with van der Waals surface area (Å²) in [5, 5.41) is 3.00. The highest BCUT2D eigenvalue weighted by Crippen LogP contribution is 2.32. The Kier molecular flexibility index (Phi) is 7.37. The molecule has 1 amide bonds. The molecule has 0 heterocycles. The van der Waals surface area contributed by atoms with Gasteiger partial charge in [-0.3, -0.25) is 4.79 Å². The maximum absolute atomic E-state index is 12.5. The van der Waals surface area contributed by atoms with Crippen LogP contribution in [0.15, 0.2) is 18.2 Å². The summed E-state index contributed by atoms with van der Waals surface area (Å²) in [5.74, 6) is 1.46. The van der Waals surface area contributed by atoms with Crippen molar-refractivity contribution in [3.63, 3.8) is 0 Å². The van der Waals surface area contributed by atoms with Crippen molar-refractivity contribution in [2.24, 2.45) is 11.7 Å². The molecule has 1 saturated carbocycles. The molecule has 1 aromatic carbocycles. The zero-order valence-electron chi connectivity index (χ0n) is 14.8. The van der Waals surface area contributed by atoms with Crippen molar-refractivity contribution in [1.82, 2.24) is 0 Å². The lowest BCUT2D eigenvalue weighted by molar-refractivity contribution is -0.120. The number of carbonyl (C=O) groups excluding carboxylic acids is 1. The van der Waals surface area contributed by atoms with Crippen molar-refractivity contribution in [3.8, 4) is 11.5 Å². The molecule has 3 N–H and O–H groups in total. The molecular weight excluding hydrogens is 304 g/mol. The molecule has 0 aromatic heterocycles. The molecule has 1 aliphatic carbocycles. The standard InChI is InChI=1S/C19H30N2O3/c1-3-10-23-17-9-8-16(13-18(17)24-11-4-2)21-19(22)14-6-5-7-15(20)12-14/h8-9,13-15H,3-7,10-12,20H2,1-2H3,(H,21,22). The smallest absolute Gasteiger partial charge is 0.227 e. The fourth-order valence-electron chi connectivity index (χ4n) is 2.95. The number of rotatable bonds is 8. The largest absolute Gasteiger partial charge is 0.490 e. The highest BCUT2D eigenvalue weighted by molar-refractivity contribution is 5.93. The van der Waals surface area contributed by atoms with Gasteiger partial charge in [-0.15, -0.1) is 0 Å². The number of amides is 1. The third-order valence-corrected chi connectivity index (χ3v) is 4.22. The van der Waals surface area contributed by atoms with Gasteiger partial charge in [0.2, 0.25) is 5.91 Å². The first-order valence-electron chi connectivity index (χ1n) is 9.10.